The normalized spacial score (nSPS) is 17.9. The number of pyridine rings is 1. The van der Waals surface area contributed by atoms with Crippen LogP contribution in [0.2, 0.25) is 0 Å². The minimum Gasteiger partial charge on any atom is -0.505 e. The Morgan fingerprint density at radius 2 is 2.03 bits per heavy atom. The number of anilines is 1. The second-order valence-corrected chi connectivity index (χ2v) is 8.11. The number of aryl methyl sites for hydroxylation is 1. The highest BCUT2D eigenvalue weighted by atomic mass is 32.1. The number of amides is 1. The molecule has 8 nitrogen and oxygen atoms in total. The van der Waals surface area contributed by atoms with E-state index in [0.717, 1.165) is 0 Å². The fraction of sp³-hybridized carbons (Fsp3) is 0.130. The number of fused-ring (bicyclic) bond motifs is 1. The molecule has 0 spiro atoms. The van der Waals surface area contributed by atoms with Crippen LogP contribution in [0, 0.1) is 6.92 Å². The summed E-state index contributed by atoms with van der Waals surface area (Å²) in [6.07, 6.45) is 3.32. The van der Waals surface area contributed by atoms with Crippen molar-refractivity contribution in [1.82, 2.24) is 14.4 Å². The SMILES string of the molecule is COc1cccc(C2C(=C(O)c3c(C)nc4ccccn34)C(=O)C(=O)N2c2nccs2)c1. The number of rotatable bonds is 4. The molecule has 1 aliphatic heterocycles. The van der Waals surface area contributed by atoms with Crippen LogP contribution in [0.1, 0.15) is 23.0 Å². The molecule has 1 saturated heterocycles. The molecular weight excluding hydrogens is 428 g/mol. The molecule has 1 aliphatic rings. The summed E-state index contributed by atoms with van der Waals surface area (Å²) in [5.41, 5.74) is 2.13. The van der Waals surface area contributed by atoms with Gasteiger partial charge >= 0.3 is 5.91 Å². The Bertz CT molecular complexity index is 1390. The monoisotopic (exact) mass is 446 g/mol. The zero-order valence-corrected chi connectivity index (χ0v) is 18.0. The molecule has 160 valence electrons. The summed E-state index contributed by atoms with van der Waals surface area (Å²) < 4.78 is 7.04. The molecule has 0 bridgehead atoms. The molecule has 4 heterocycles. The largest absolute Gasteiger partial charge is 0.505 e. The molecule has 1 fully saturated rings. The lowest BCUT2D eigenvalue weighted by atomic mass is 9.96. The average molecular weight is 446 g/mol. The molecule has 3 aromatic heterocycles. The number of ketones is 1. The molecule has 4 aromatic rings. The van der Waals surface area contributed by atoms with Crippen molar-refractivity contribution in [2.24, 2.45) is 0 Å². The second-order valence-electron chi connectivity index (χ2n) is 7.24. The Labute approximate surface area is 187 Å². The molecule has 1 atom stereocenters. The van der Waals surface area contributed by atoms with Gasteiger partial charge in [-0.1, -0.05) is 18.2 Å². The van der Waals surface area contributed by atoms with Crippen molar-refractivity contribution in [3.05, 3.63) is 82.8 Å². The summed E-state index contributed by atoms with van der Waals surface area (Å²) in [5.74, 6) is -1.25. The van der Waals surface area contributed by atoms with Crippen molar-refractivity contribution in [2.75, 3.05) is 12.0 Å². The van der Waals surface area contributed by atoms with E-state index in [4.69, 9.17) is 4.74 Å². The van der Waals surface area contributed by atoms with Gasteiger partial charge < -0.3 is 9.84 Å². The zero-order valence-electron chi connectivity index (χ0n) is 17.2. The quantitative estimate of drug-likeness (QED) is 0.291. The number of carbonyl (C=O) groups excluding carboxylic acids is 2. The highest BCUT2D eigenvalue weighted by molar-refractivity contribution is 7.14. The first-order chi connectivity index (χ1) is 15.5. The van der Waals surface area contributed by atoms with E-state index < -0.39 is 17.7 Å². The Morgan fingerprint density at radius 1 is 1.19 bits per heavy atom. The number of ether oxygens (including phenoxy) is 1. The van der Waals surface area contributed by atoms with E-state index >= 15 is 0 Å². The summed E-state index contributed by atoms with van der Waals surface area (Å²) in [5, 5.41) is 13.5. The van der Waals surface area contributed by atoms with Gasteiger partial charge in [0.15, 0.2) is 10.9 Å². The van der Waals surface area contributed by atoms with Gasteiger partial charge in [-0.25, -0.2) is 9.97 Å². The molecule has 1 amide bonds. The lowest BCUT2D eigenvalue weighted by molar-refractivity contribution is -0.132. The fourth-order valence-corrected chi connectivity index (χ4v) is 4.69. The number of imidazole rings is 1. The predicted octanol–water partition coefficient (Wildman–Crippen LogP) is 3.73. The number of aliphatic hydroxyl groups is 1. The van der Waals surface area contributed by atoms with Crippen molar-refractivity contribution < 1.29 is 19.4 Å². The number of aromatic nitrogens is 3. The fourth-order valence-electron chi connectivity index (χ4n) is 4.02. The van der Waals surface area contributed by atoms with Crippen molar-refractivity contribution in [2.45, 2.75) is 13.0 Å². The smallest absolute Gasteiger partial charge is 0.301 e. The number of carbonyl (C=O) groups is 2. The zero-order chi connectivity index (χ0) is 22.4. The lowest BCUT2D eigenvalue weighted by Crippen LogP contribution is -2.29. The summed E-state index contributed by atoms with van der Waals surface area (Å²) in [7, 11) is 1.54. The number of hydrogen-bond donors (Lipinski definition) is 1. The first-order valence-corrected chi connectivity index (χ1v) is 10.7. The highest BCUT2D eigenvalue weighted by Gasteiger charge is 2.48. The van der Waals surface area contributed by atoms with Crippen LogP contribution in [0.25, 0.3) is 11.4 Å². The Hall–Kier alpha value is -3.98. The summed E-state index contributed by atoms with van der Waals surface area (Å²) in [6.45, 7) is 1.75. The summed E-state index contributed by atoms with van der Waals surface area (Å²) in [4.78, 5) is 36.4. The van der Waals surface area contributed by atoms with Crippen LogP contribution in [0.5, 0.6) is 5.75 Å². The topological polar surface area (TPSA) is 97.0 Å². The molecule has 32 heavy (non-hydrogen) atoms. The van der Waals surface area contributed by atoms with Crippen molar-refractivity contribution >= 4 is 39.6 Å². The number of benzene rings is 1. The second kappa shape index (κ2) is 7.61. The van der Waals surface area contributed by atoms with E-state index in [2.05, 4.69) is 9.97 Å². The van der Waals surface area contributed by atoms with Crippen molar-refractivity contribution in [3.63, 3.8) is 0 Å². The Kier molecular flexibility index (Phi) is 4.75. The molecule has 5 rings (SSSR count). The lowest BCUT2D eigenvalue weighted by Gasteiger charge is -2.23. The summed E-state index contributed by atoms with van der Waals surface area (Å²) >= 11 is 1.24. The van der Waals surface area contributed by atoms with Crippen molar-refractivity contribution in [1.29, 1.82) is 0 Å². The highest BCUT2D eigenvalue weighted by Crippen LogP contribution is 2.43. The van der Waals surface area contributed by atoms with E-state index in [9.17, 15) is 14.7 Å². The molecule has 0 aliphatic carbocycles. The van der Waals surface area contributed by atoms with Gasteiger partial charge in [0.1, 0.15) is 17.1 Å². The molecule has 1 unspecified atom stereocenters. The van der Waals surface area contributed by atoms with Gasteiger partial charge in [0.05, 0.1) is 24.4 Å². The van der Waals surface area contributed by atoms with E-state index in [-0.39, 0.29) is 11.3 Å². The van der Waals surface area contributed by atoms with Gasteiger partial charge in [0.25, 0.3) is 5.78 Å². The number of nitrogens with zero attached hydrogens (tertiary/aromatic N) is 4. The van der Waals surface area contributed by atoms with Crippen LogP contribution < -0.4 is 9.64 Å². The molecule has 1 aromatic carbocycles. The number of aliphatic hydroxyl groups excluding tert-OH is 1. The molecule has 0 radical (unpaired) electrons. The van der Waals surface area contributed by atoms with E-state index in [1.54, 1.807) is 72.6 Å². The van der Waals surface area contributed by atoms with Gasteiger partial charge in [-0.15, -0.1) is 11.3 Å². The molecule has 0 saturated carbocycles. The van der Waals surface area contributed by atoms with Gasteiger partial charge in [-0.3, -0.25) is 18.9 Å². The van der Waals surface area contributed by atoms with Crippen LogP contribution in [0.15, 0.2) is 65.8 Å². The number of hydrogen-bond acceptors (Lipinski definition) is 7. The number of methoxy groups -OCH3 is 1. The van der Waals surface area contributed by atoms with E-state index in [1.807, 2.05) is 6.07 Å². The van der Waals surface area contributed by atoms with Crippen LogP contribution in [0.3, 0.4) is 0 Å². The maximum Gasteiger partial charge on any atom is 0.301 e. The number of Topliss-reactive ketones (excluding diaryl/α,β-unsaturated/α-hetero) is 1. The van der Waals surface area contributed by atoms with E-state index in [0.29, 0.717) is 33.5 Å². The first-order valence-electron chi connectivity index (χ1n) is 9.79. The van der Waals surface area contributed by atoms with Crippen molar-refractivity contribution in [3.8, 4) is 5.75 Å². The van der Waals surface area contributed by atoms with Crippen LogP contribution >= 0.6 is 11.3 Å². The number of thiazole rings is 1. The van der Waals surface area contributed by atoms with Gasteiger partial charge in [0.2, 0.25) is 0 Å². The molecular formula is C23H18N4O4S. The average Bonchev–Trinajstić information content (AvgIpc) is 3.50. The van der Waals surface area contributed by atoms with E-state index in [1.165, 1.54) is 16.2 Å². The minimum absolute atomic E-state index is 0.0211. The molecule has 1 N–H and O–H groups in total. The van der Waals surface area contributed by atoms with Crippen LogP contribution in [0.4, 0.5) is 5.13 Å². The molecule has 9 heteroatoms. The Morgan fingerprint density at radius 3 is 2.78 bits per heavy atom. The minimum atomic E-state index is -0.870. The summed E-state index contributed by atoms with van der Waals surface area (Å²) in [6, 6.07) is 11.6. The third kappa shape index (κ3) is 2.97. The maximum atomic E-state index is 13.2. The van der Waals surface area contributed by atoms with Gasteiger partial charge in [-0.2, -0.15) is 0 Å². The van der Waals surface area contributed by atoms with Crippen LogP contribution in [-0.2, 0) is 9.59 Å². The maximum absolute atomic E-state index is 13.2. The third-order valence-corrected chi connectivity index (χ3v) is 6.18. The van der Waals surface area contributed by atoms with Gasteiger partial charge in [-0.05, 0) is 36.8 Å². The van der Waals surface area contributed by atoms with Crippen LogP contribution in [-0.4, -0.2) is 38.3 Å². The van der Waals surface area contributed by atoms with Gasteiger partial charge in [0, 0.05) is 17.8 Å². The first kappa shape index (κ1) is 20.0. The predicted molar refractivity (Wildman–Crippen MR) is 120 cm³/mol. The third-order valence-electron chi connectivity index (χ3n) is 5.41. The standard InChI is InChI=1S/C23H18N4O4S/c1-13-18(26-10-4-3-8-16(26)25-13)20(28)17-19(14-6-5-7-15(12-14)31-2)27(22(30)21(17)29)23-24-9-11-32-23/h3-12,19,28H,1-2H3. The Balaban J connectivity index is 1.79.